The Hall–Kier alpha value is -3.37. The van der Waals surface area contributed by atoms with Gasteiger partial charge >= 0.3 is 0 Å². The highest BCUT2D eigenvalue weighted by Crippen LogP contribution is 2.37. The van der Waals surface area contributed by atoms with Crippen LogP contribution in [0.5, 0.6) is 5.75 Å². The Kier molecular flexibility index (Phi) is 8.66. The Labute approximate surface area is 249 Å². The van der Waals surface area contributed by atoms with Gasteiger partial charge in [0.25, 0.3) is 0 Å². The largest absolute Gasteiger partial charge is 0.491 e. The standard InChI is InChI=1S/C32H42FN5O3Si/c1-32(2,3)42(5,6)41-19-18-40-24-15-16-34-27(21-24)29-35-26-13-8-12-25(26)30(36-29)37(4)28-14-9-17-38(31(28)39)23-11-7-10-22(33)20-23/h7,10-11,15-16,20-21,28H,8-9,12-14,17-19H2,1-6H3/t28-/m0/s1. The number of nitrogens with zero attached hydrogens (tertiary/aromatic N) is 5. The SMILES string of the molecule is CN(c1nc(-c2cc(OCCO[Si](C)(C)C(C)(C)C)ccn2)nc2c1CCC2)[C@H]1CCCN(c2cccc(F)c2)C1=O. The molecular weight excluding hydrogens is 549 g/mol. The van der Waals surface area contributed by atoms with Crippen molar-refractivity contribution in [3.05, 3.63) is 59.7 Å². The Morgan fingerprint density at radius 2 is 1.90 bits per heavy atom. The number of likely N-dealkylation sites (N-methyl/N-ethyl adjacent to an activating group) is 1. The van der Waals surface area contributed by atoms with Gasteiger partial charge in [-0.05, 0) is 74.5 Å². The van der Waals surface area contributed by atoms with Gasteiger partial charge in [0.05, 0.1) is 6.61 Å². The number of hydrogen-bond acceptors (Lipinski definition) is 7. The van der Waals surface area contributed by atoms with E-state index in [1.807, 2.05) is 24.1 Å². The van der Waals surface area contributed by atoms with Crippen LogP contribution >= 0.6 is 0 Å². The molecule has 1 atom stereocenters. The highest BCUT2D eigenvalue weighted by Gasteiger charge is 2.37. The number of halogens is 1. The van der Waals surface area contributed by atoms with Crippen LogP contribution in [0.15, 0.2) is 42.6 Å². The smallest absolute Gasteiger partial charge is 0.249 e. The lowest BCUT2D eigenvalue weighted by atomic mass is 10.0. The number of benzene rings is 1. The van der Waals surface area contributed by atoms with Gasteiger partial charge < -0.3 is 19.0 Å². The lowest BCUT2D eigenvalue weighted by Crippen LogP contribution is -2.52. The normalized spacial score (nSPS) is 17.4. The van der Waals surface area contributed by atoms with E-state index < -0.39 is 14.4 Å². The van der Waals surface area contributed by atoms with Crippen LogP contribution in [0, 0.1) is 5.82 Å². The Bertz CT molecular complexity index is 1440. The topological polar surface area (TPSA) is 80.7 Å². The zero-order valence-corrected chi connectivity index (χ0v) is 26.6. The maximum Gasteiger partial charge on any atom is 0.249 e. The second-order valence-corrected chi connectivity index (χ2v) is 17.5. The molecule has 5 rings (SSSR count). The molecule has 0 N–H and O–H groups in total. The maximum atomic E-state index is 13.9. The van der Waals surface area contributed by atoms with Crippen molar-refractivity contribution in [3.8, 4) is 17.3 Å². The first kappa shape index (κ1) is 30.1. The van der Waals surface area contributed by atoms with Crippen molar-refractivity contribution in [1.82, 2.24) is 15.0 Å². The fourth-order valence-electron chi connectivity index (χ4n) is 5.38. The monoisotopic (exact) mass is 591 g/mol. The molecule has 0 spiro atoms. The minimum Gasteiger partial charge on any atom is -0.491 e. The molecule has 10 heteroatoms. The first-order valence-electron chi connectivity index (χ1n) is 14.9. The average molecular weight is 592 g/mol. The number of fused-ring (bicyclic) bond motifs is 1. The fraction of sp³-hybridized carbons (Fsp3) is 0.500. The predicted octanol–water partition coefficient (Wildman–Crippen LogP) is 6.20. The Morgan fingerprint density at radius 1 is 1.10 bits per heavy atom. The molecule has 0 saturated carbocycles. The number of hydrogen-bond donors (Lipinski definition) is 0. The molecule has 3 heterocycles. The number of pyridine rings is 1. The number of anilines is 2. The van der Waals surface area contributed by atoms with Gasteiger partial charge in [0.1, 0.15) is 35.7 Å². The molecule has 0 radical (unpaired) electrons. The fourth-order valence-corrected chi connectivity index (χ4v) is 6.41. The van der Waals surface area contributed by atoms with Crippen LogP contribution in [-0.2, 0) is 22.1 Å². The lowest BCUT2D eigenvalue weighted by Gasteiger charge is -2.38. The van der Waals surface area contributed by atoms with Crippen LogP contribution in [0.4, 0.5) is 15.9 Å². The molecule has 0 bridgehead atoms. The maximum absolute atomic E-state index is 13.9. The summed E-state index contributed by atoms with van der Waals surface area (Å²) in [5.41, 5.74) is 3.30. The van der Waals surface area contributed by atoms with E-state index in [1.54, 1.807) is 23.2 Å². The number of aryl methyl sites for hydroxylation is 1. The van der Waals surface area contributed by atoms with E-state index in [0.717, 1.165) is 42.8 Å². The zero-order valence-electron chi connectivity index (χ0n) is 25.6. The number of rotatable bonds is 9. The molecule has 2 aliphatic rings. The van der Waals surface area contributed by atoms with E-state index in [-0.39, 0.29) is 16.8 Å². The summed E-state index contributed by atoms with van der Waals surface area (Å²) in [6.45, 7) is 12.7. The average Bonchev–Trinajstić information content (AvgIpc) is 3.43. The summed E-state index contributed by atoms with van der Waals surface area (Å²) in [5, 5.41) is 0.145. The first-order chi connectivity index (χ1) is 19.9. The van der Waals surface area contributed by atoms with Gasteiger partial charge in [-0.3, -0.25) is 9.78 Å². The molecule has 42 heavy (non-hydrogen) atoms. The molecule has 1 fully saturated rings. The molecule has 1 aromatic carbocycles. The Morgan fingerprint density at radius 3 is 2.67 bits per heavy atom. The summed E-state index contributed by atoms with van der Waals surface area (Å²) in [6, 6.07) is 9.52. The molecule has 8 nitrogen and oxygen atoms in total. The van der Waals surface area contributed by atoms with Crippen LogP contribution in [0.3, 0.4) is 0 Å². The molecule has 1 aliphatic heterocycles. The number of carbonyl (C=O) groups is 1. The molecular formula is C32H42FN5O3Si. The van der Waals surface area contributed by atoms with Gasteiger partial charge in [-0.15, -0.1) is 0 Å². The molecule has 1 aliphatic carbocycles. The van der Waals surface area contributed by atoms with Gasteiger partial charge in [0.2, 0.25) is 5.91 Å². The number of ether oxygens (including phenoxy) is 1. The zero-order chi connectivity index (χ0) is 30.1. The van der Waals surface area contributed by atoms with Crippen LogP contribution in [0.2, 0.25) is 18.1 Å². The van der Waals surface area contributed by atoms with Gasteiger partial charge in [0, 0.05) is 42.8 Å². The van der Waals surface area contributed by atoms with Crippen molar-refractivity contribution in [2.75, 3.05) is 36.6 Å². The molecule has 0 unspecified atom stereocenters. The van der Waals surface area contributed by atoms with Crippen molar-refractivity contribution in [2.24, 2.45) is 0 Å². The second-order valence-electron chi connectivity index (χ2n) is 12.7. The molecule has 1 amide bonds. The van der Waals surface area contributed by atoms with Gasteiger partial charge in [-0.2, -0.15) is 0 Å². The lowest BCUT2D eigenvalue weighted by molar-refractivity contribution is -0.120. The first-order valence-corrected chi connectivity index (χ1v) is 17.8. The summed E-state index contributed by atoms with van der Waals surface area (Å²) in [6.07, 6.45) is 5.95. The summed E-state index contributed by atoms with van der Waals surface area (Å²) in [4.78, 5) is 31.8. The van der Waals surface area contributed by atoms with Crippen molar-refractivity contribution >= 4 is 25.7 Å². The van der Waals surface area contributed by atoms with Crippen LogP contribution < -0.4 is 14.5 Å². The molecule has 1 saturated heterocycles. The van der Waals surface area contributed by atoms with E-state index in [4.69, 9.17) is 19.1 Å². The molecule has 3 aromatic rings. The number of carbonyl (C=O) groups excluding carboxylic acids is 1. The van der Waals surface area contributed by atoms with Crippen molar-refractivity contribution in [1.29, 1.82) is 0 Å². The highest BCUT2D eigenvalue weighted by atomic mass is 28.4. The van der Waals surface area contributed by atoms with Crippen LogP contribution in [-0.4, -0.2) is 62.0 Å². The summed E-state index contributed by atoms with van der Waals surface area (Å²) >= 11 is 0. The van der Waals surface area contributed by atoms with Crippen LogP contribution in [0.25, 0.3) is 11.5 Å². The third-order valence-corrected chi connectivity index (χ3v) is 13.4. The van der Waals surface area contributed by atoms with E-state index in [0.29, 0.717) is 49.1 Å². The van der Waals surface area contributed by atoms with E-state index >= 15 is 0 Å². The second kappa shape index (κ2) is 12.1. The van der Waals surface area contributed by atoms with Gasteiger partial charge in [-0.25, -0.2) is 14.4 Å². The minimum absolute atomic E-state index is 0.0466. The van der Waals surface area contributed by atoms with E-state index in [9.17, 15) is 9.18 Å². The van der Waals surface area contributed by atoms with E-state index in [1.165, 1.54) is 12.1 Å². The van der Waals surface area contributed by atoms with Crippen molar-refractivity contribution in [2.45, 2.75) is 77.0 Å². The van der Waals surface area contributed by atoms with Gasteiger partial charge in [-0.1, -0.05) is 26.8 Å². The summed E-state index contributed by atoms with van der Waals surface area (Å²) in [7, 11) is 0.0881. The minimum atomic E-state index is -1.84. The third kappa shape index (κ3) is 6.34. The number of piperidine rings is 1. The number of aromatic nitrogens is 3. The molecule has 224 valence electrons. The quantitative estimate of drug-likeness (QED) is 0.217. The predicted molar refractivity (Wildman–Crippen MR) is 166 cm³/mol. The third-order valence-electron chi connectivity index (χ3n) is 8.82. The highest BCUT2D eigenvalue weighted by molar-refractivity contribution is 6.74. The summed E-state index contributed by atoms with van der Waals surface area (Å²) < 4.78 is 26.2. The van der Waals surface area contributed by atoms with E-state index in [2.05, 4.69) is 38.8 Å². The van der Waals surface area contributed by atoms with Crippen molar-refractivity contribution in [3.63, 3.8) is 0 Å². The van der Waals surface area contributed by atoms with Crippen LogP contribution in [0.1, 0.15) is 51.3 Å². The number of amides is 1. The van der Waals surface area contributed by atoms with Gasteiger partial charge in [0.15, 0.2) is 14.1 Å². The summed E-state index contributed by atoms with van der Waals surface area (Å²) in [5.74, 6) is 1.57. The molecule has 2 aromatic heterocycles. The Balaban J connectivity index is 1.35. The van der Waals surface area contributed by atoms with Crippen molar-refractivity contribution < 1.29 is 18.3 Å².